The number of amides is 2. The number of carbonyl (C=O) groups excluding carboxylic acids is 2. The number of carboxylic acids is 1. The lowest BCUT2D eigenvalue weighted by Gasteiger charge is -2.39. The fourth-order valence-electron chi connectivity index (χ4n) is 4.18. The van der Waals surface area contributed by atoms with E-state index in [1.54, 1.807) is 12.1 Å². The number of aliphatic carboxylic acids is 1. The van der Waals surface area contributed by atoms with Gasteiger partial charge in [0.05, 0.1) is 6.26 Å². The van der Waals surface area contributed by atoms with Crippen LogP contribution in [0, 0.1) is 11.3 Å². The number of piperidine rings is 1. The van der Waals surface area contributed by atoms with Gasteiger partial charge >= 0.3 is 5.97 Å². The van der Waals surface area contributed by atoms with Gasteiger partial charge in [0.2, 0.25) is 5.91 Å². The second kappa shape index (κ2) is 5.89. The number of carbonyl (C=O) groups is 3. The average Bonchev–Trinajstić information content (AvgIpc) is 3.17. The maximum Gasteiger partial charge on any atom is 0.326 e. The summed E-state index contributed by atoms with van der Waals surface area (Å²) in [7, 11) is 0. The maximum absolute atomic E-state index is 12.6. The van der Waals surface area contributed by atoms with E-state index in [1.165, 1.54) is 11.2 Å². The third kappa shape index (κ3) is 2.92. The molecule has 7 heteroatoms. The van der Waals surface area contributed by atoms with E-state index >= 15 is 0 Å². The predicted octanol–water partition coefficient (Wildman–Crippen LogP) is 1.60. The van der Waals surface area contributed by atoms with Crippen molar-refractivity contribution in [3.8, 4) is 0 Å². The molecule has 1 N–H and O–H groups in total. The molecule has 2 saturated heterocycles. The zero-order valence-electron chi connectivity index (χ0n) is 14.0. The molecule has 1 atom stereocenters. The van der Waals surface area contributed by atoms with Gasteiger partial charge in [0.1, 0.15) is 6.04 Å². The molecule has 0 radical (unpaired) electrons. The topological polar surface area (TPSA) is 91.1 Å². The summed E-state index contributed by atoms with van der Waals surface area (Å²) < 4.78 is 5.16. The molecule has 0 unspecified atom stereocenters. The minimum atomic E-state index is -0.978. The van der Waals surface area contributed by atoms with Crippen molar-refractivity contribution < 1.29 is 23.9 Å². The van der Waals surface area contributed by atoms with E-state index in [0.717, 1.165) is 25.7 Å². The number of likely N-dealkylation sites (tertiary alicyclic amines) is 2. The van der Waals surface area contributed by atoms with E-state index in [-0.39, 0.29) is 28.9 Å². The van der Waals surface area contributed by atoms with E-state index < -0.39 is 12.0 Å². The summed E-state index contributed by atoms with van der Waals surface area (Å²) in [6, 6.07) is 2.35. The predicted molar refractivity (Wildman–Crippen MR) is 86.8 cm³/mol. The average molecular weight is 346 g/mol. The molecule has 1 aliphatic carbocycles. The summed E-state index contributed by atoms with van der Waals surface area (Å²) in [6.45, 7) is 1.73. The Hall–Kier alpha value is -2.31. The van der Waals surface area contributed by atoms with Crippen LogP contribution in [0.25, 0.3) is 0 Å². The van der Waals surface area contributed by atoms with Gasteiger partial charge in [-0.15, -0.1) is 0 Å². The lowest BCUT2D eigenvalue weighted by molar-refractivity contribution is -0.141. The molecule has 1 spiro atoms. The first kappa shape index (κ1) is 16.2. The molecule has 3 fully saturated rings. The van der Waals surface area contributed by atoms with E-state index in [0.29, 0.717) is 26.1 Å². The number of carboxylic acid groups (broad SMARTS) is 1. The van der Waals surface area contributed by atoms with Gasteiger partial charge in [-0.05, 0) is 49.7 Å². The molecule has 3 heterocycles. The summed E-state index contributed by atoms with van der Waals surface area (Å²) in [5, 5.41) is 9.58. The number of hydrogen-bond donors (Lipinski definition) is 1. The normalized spacial score (nSPS) is 25.4. The smallest absolute Gasteiger partial charge is 0.326 e. The summed E-state index contributed by atoms with van der Waals surface area (Å²) in [4.78, 5) is 39.9. The fourth-order valence-corrected chi connectivity index (χ4v) is 4.18. The Morgan fingerprint density at radius 3 is 2.48 bits per heavy atom. The largest absolute Gasteiger partial charge is 0.480 e. The van der Waals surface area contributed by atoms with Crippen molar-refractivity contribution >= 4 is 17.8 Å². The van der Waals surface area contributed by atoms with Crippen molar-refractivity contribution in [1.29, 1.82) is 0 Å². The van der Waals surface area contributed by atoms with Crippen LogP contribution in [0.15, 0.2) is 22.8 Å². The molecule has 7 nitrogen and oxygen atoms in total. The number of nitrogens with zero attached hydrogens (tertiary/aromatic N) is 2. The Morgan fingerprint density at radius 2 is 1.92 bits per heavy atom. The third-order valence-electron chi connectivity index (χ3n) is 5.85. The molecule has 1 aromatic heterocycles. The Labute approximate surface area is 145 Å². The Morgan fingerprint density at radius 1 is 1.20 bits per heavy atom. The van der Waals surface area contributed by atoms with Crippen molar-refractivity contribution in [3.05, 3.63) is 24.2 Å². The third-order valence-corrected chi connectivity index (χ3v) is 5.85. The van der Waals surface area contributed by atoms with Crippen LogP contribution < -0.4 is 0 Å². The standard InChI is InChI=1S/C18H22N2O5/c21-15(12-3-4-12)19-7-5-18(6-8-19)10-13(17(23)24)20(11-18)16(22)14-2-1-9-25-14/h1-2,9,12-13H,3-8,10-11H2,(H,23,24)/t13-/m1/s1. The highest BCUT2D eigenvalue weighted by molar-refractivity contribution is 5.94. The molecule has 1 aromatic rings. The molecule has 134 valence electrons. The molecule has 1 saturated carbocycles. The minimum Gasteiger partial charge on any atom is -0.480 e. The molecule has 4 rings (SSSR count). The highest BCUT2D eigenvalue weighted by Crippen LogP contribution is 2.44. The Kier molecular flexibility index (Phi) is 3.81. The van der Waals surface area contributed by atoms with E-state index in [9.17, 15) is 19.5 Å². The van der Waals surface area contributed by atoms with Crippen LogP contribution in [0.1, 0.15) is 42.7 Å². The SMILES string of the molecule is O=C(O)[C@H]1CC2(CCN(C(=O)C3CC3)CC2)CN1C(=O)c1ccco1. The van der Waals surface area contributed by atoms with Gasteiger partial charge in [-0.2, -0.15) is 0 Å². The van der Waals surface area contributed by atoms with Gasteiger partial charge < -0.3 is 19.3 Å². The summed E-state index contributed by atoms with van der Waals surface area (Å²) >= 11 is 0. The van der Waals surface area contributed by atoms with Gasteiger partial charge in [0.25, 0.3) is 5.91 Å². The van der Waals surface area contributed by atoms with Gasteiger partial charge in [-0.1, -0.05) is 0 Å². The number of rotatable bonds is 3. The zero-order valence-corrected chi connectivity index (χ0v) is 14.0. The van der Waals surface area contributed by atoms with Crippen molar-refractivity contribution in [2.45, 2.75) is 38.1 Å². The van der Waals surface area contributed by atoms with E-state index in [2.05, 4.69) is 0 Å². The van der Waals surface area contributed by atoms with E-state index in [1.807, 2.05) is 4.90 Å². The Balaban J connectivity index is 1.47. The molecular formula is C18H22N2O5. The van der Waals surface area contributed by atoms with Crippen LogP contribution in [0.3, 0.4) is 0 Å². The lowest BCUT2D eigenvalue weighted by atomic mass is 9.76. The highest BCUT2D eigenvalue weighted by atomic mass is 16.4. The monoisotopic (exact) mass is 346 g/mol. The van der Waals surface area contributed by atoms with Crippen LogP contribution >= 0.6 is 0 Å². The van der Waals surface area contributed by atoms with Gasteiger partial charge in [0, 0.05) is 25.6 Å². The fraction of sp³-hybridized carbons (Fsp3) is 0.611. The molecule has 2 amide bonds. The quantitative estimate of drug-likeness (QED) is 0.898. The van der Waals surface area contributed by atoms with Gasteiger partial charge in [-0.25, -0.2) is 4.79 Å². The van der Waals surface area contributed by atoms with Crippen LogP contribution in [0.2, 0.25) is 0 Å². The van der Waals surface area contributed by atoms with Gasteiger partial charge in [0.15, 0.2) is 5.76 Å². The van der Waals surface area contributed by atoms with Crippen molar-refractivity contribution in [2.24, 2.45) is 11.3 Å². The molecule has 2 aliphatic heterocycles. The molecular weight excluding hydrogens is 324 g/mol. The summed E-state index contributed by atoms with van der Waals surface area (Å²) in [6.07, 6.45) is 5.34. The van der Waals surface area contributed by atoms with Gasteiger partial charge in [-0.3, -0.25) is 9.59 Å². The van der Waals surface area contributed by atoms with Crippen LogP contribution in [-0.4, -0.2) is 58.4 Å². The minimum absolute atomic E-state index is 0.171. The van der Waals surface area contributed by atoms with Crippen molar-refractivity contribution in [2.75, 3.05) is 19.6 Å². The highest BCUT2D eigenvalue weighted by Gasteiger charge is 2.51. The second-order valence-corrected chi connectivity index (χ2v) is 7.57. The van der Waals surface area contributed by atoms with Crippen molar-refractivity contribution in [3.63, 3.8) is 0 Å². The zero-order chi connectivity index (χ0) is 17.6. The molecule has 0 aromatic carbocycles. The Bertz CT molecular complexity index is 686. The summed E-state index contributed by atoms with van der Waals surface area (Å²) in [5.41, 5.74) is -0.217. The number of hydrogen-bond acceptors (Lipinski definition) is 4. The first-order valence-electron chi connectivity index (χ1n) is 8.85. The summed E-state index contributed by atoms with van der Waals surface area (Å²) in [5.74, 6) is -0.726. The first-order valence-corrected chi connectivity index (χ1v) is 8.85. The van der Waals surface area contributed by atoms with Crippen LogP contribution in [0.5, 0.6) is 0 Å². The first-order chi connectivity index (χ1) is 12.0. The van der Waals surface area contributed by atoms with Crippen LogP contribution in [-0.2, 0) is 9.59 Å². The van der Waals surface area contributed by atoms with E-state index in [4.69, 9.17) is 4.42 Å². The van der Waals surface area contributed by atoms with Crippen LogP contribution in [0.4, 0.5) is 0 Å². The molecule has 3 aliphatic rings. The molecule has 0 bridgehead atoms. The molecule has 25 heavy (non-hydrogen) atoms. The van der Waals surface area contributed by atoms with Crippen molar-refractivity contribution in [1.82, 2.24) is 9.80 Å². The number of furan rings is 1. The lowest BCUT2D eigenvalue weighted by Crippen LogP contribution is -2.45. The second-order valence-electron chi connectivity index (χ2n) is 7.57. The maximum atomic E-state index is 12.6.